The molecule has 1 aromatic rings. The number of nitrogens with zero attached hydrogens (tertiary/aromatic N) is 2. The standard InChI is InChI=1S/C13H18ClN3O4/c1-8(2)21-5-4-16(3)13(18)9-6-10(14)12(15)11(7-9)17(19)20/h6-8H,4-5,15H2,1-3H3. The molecule has 0 fully saturated rings. The average Bonchev–Trinajstić information content (AvgIpc) is 2.39. The monoisotopic (exact) mass is 315 g/mol. The summed E-state index contributed by atoms with van der Waals surface area (Å²) < 4.78 is 5.36. The molecule has 21 heavy (non-hydrogen) atoms. The second kappa shape index (κ2) is 7.24. The molecule has 2 N–H and O–H groups in total. The van der Waals surface area contributed by atoms with Crippen LogP contribution in [0.2, 0.25) is 5.02 Å². The number of nitrogen functional groups attached to an aromatic ring is 1. The maximum absolute atomic E-state index is 12.2. The highest BCUT2D eigenvalue weighted by Crippen LogP contribution is 2.31. The maximum Gasteiger partial charge on any atom is 0.294 e. The minimum absolute atomic E-state index is 0.0145. The van der Waals surface area contributed by atoms with E-state index < -0.39 is 4.92 Å². The van der Waals surface area contributed by atoms with E-state index >= 15 is 0 Å². The van der Waals surface area contributed by atoms with Gasteiger partial charge in [0.1, 0.15) is 5.69 Å². The molecule has 7 nitrogen and oxygen atoms in total. The van der Waals surface area contributed by atoms with Crippen LogP contribution in [-0.2, 0) is 4.74 Å². The van der Waals surface area contributed by atoms with Crippen molar-refractivity contribution < 1.29 is 14.5 Å². The number of nitro benzene ring substituents is 1. The highest BCUT2D eigenvalue weighted by Gasteiger charge is 2.21. The molecule has 0 aromatic heterocycles. The Labute approximate surface area is 127 Å². The van der Waals surface area contributed by atoms with E-state index in [0.29, 0.717) is 13.2 Å². The summed E-state index contributed by atoms with van der Waals surface area (Å²) in [6.45, 7) is 4.54. The van der Waals surface area contributed by atoms with E-state index in [1.54, 1.807) is 7.05 Å². The quantitative estimate of drug-likeness (QED) is 0.493. The molecule has 0 saturated carbocycles. The molecule has 0 aliphatic carbocycles. The van der Waals surface area contributed by atoms with Gasteiger partial charge in [0.15, 0.2) is 0 Å². The molecule has 0 heterocycles. The van der Waals surface area contributed by atoms with Crippen molar-refractivity contribution in [3.8, 4) is 0 Å². The molecule has 1 rings (SSSR count). The van der Waals surface area contributed by atoms with E-state index in [9.17, 15) is 14.9 Å². The van der Waals surface area contributed by atoms with E-state index in [-0.39, 0.29) is 34.0 Å². The van der Waals surface area contributed by atoms with Crippen molar-refractivity contribution in [2.75, 3.05) is 25.9 Å². The first-order chi connectivity index (χ1) is 9.73. The Balaban J connectivity index is 2.89. The van der Waals surface area contributed by atoms with Crippen molar-refractivity contribution in [2.45, 2.75) is 20.0 Å². The van der Waals surface area contributed by atoms with E-state index in [1.165, 1.54) is 11.0 Å². The van der Waals surface area contributed by atoms with Crippen molar-refractivity contribution in [3.63, 3.8) is 0 Å². The number of benzene rings is 1. The van der Waals surface area contributed by atoms with Crippen LogP contribution in [0.3, 0.4) is 0 Å². The third-order valence-corrected chi connectivity index (χ3v) is 3.09. The first-order valence-electron chi connectivity index (χ1n) is 6.34. The summed E-state index contributed by atoms with van der Waals surface area (Å²) in [5, 5.41) is 10.9. The van der Waals surface area contributed by atoms with E-state index in [1.807, 2.05) is 13.8 Å². The number of carbonyl (C=O) groups is 1. The summed E-state index contributed by atoms with van der Waals surface area (Å²) in [4.78, 5) is 23.8. The van der Waals surface area contributed by atoms with Crippen molar-refractivity contribution in [3.05, 3.63) is 32.8 Å². The maximum atomic E-state index is 12.2. The average molecular weight is 316 g/mol. The molecule has 0 aliphatic rings. The van der Waals surface area contributed by atoms with Gasteiger partial charge in [-0.1, -0.05) is 11.6 Å². The van der Waals surface area contributed by atoms with Gasteiger partial charge in [0.25, 0.3) is 11.6 Å². The van der Waals surface area contributed by atoms with E-state index in [0.717, 1.165) is 6.07 Å². The van der Waals surface area contributed by atoms with Gasteiger partial charge in [0.2, 0.25) is 0 Å². The molecular weight excluding hydrogens is 298 g/mol. The first-order valence-corrected chi connectivity index (χ1v) is 6.72. The molecule has 0 spiro atoms. The van der Waals surface area contributed by atoms with Gasteiger partial charge in [0, 0.05) is 25.2 Å². The van der Waals surface area contributed by atoms with Crippen LogP contribution in [0.1, 0.15) is 24.2 Å². The lowest BCUT2D eigenvalue weighted by Gasteiger charge is -2.18. The Morgan fingerprint density at radius 3 is 2.67 bits per heavy atom. The summed E-state index contributed by atoms with van der Waals surface area (Å²) >= 11 is 5.83. The largest absolute Gasteiger partial charge is 0.392 e. The van der Waals surface area contributed by atoms with Crippen LogP contribution in [0.5, 0.6) is 0 Å². The third-order valence-electron chi connectivity index (χ3n) is 2.78. The number of carbonyl (C=O) groups excluding carboxylic acids is 1. The Morgan fingerprint density at radius 2 is 2.14 bits per heavy atom. The predicted molar refractivity (Wildman–Crippen MR) is 80.6 cm³/mol. The first kappa shape index (κ1) is 17.2. The molecule has 0 aliphatic heterocycles. The minimum atomic E-state index is -0.667. The minimum Gasteiger partial charge on any atom is -0.392 e. The predicted octanol–water partition coefficient (Wildman–Crippen LogP) is 2.33. The summed E-state index contributed by atoms with van der Waals surface area (Å²) in [5.74, 6) is -0.382. The number of anilines is 1. The topological polar surface area (TPSA) is 98.7 Å². The highest BCUT2D eigenvalue weighted by atomic mass is 35.5. The van der Waals surface area contributed by atoms with Crippen LogP contribution in [0.4, 0.5) is 11.4 Å². The van der Waals surface area contributed by atoms with Crippen LogP contribution >= 0.6 is 11.6 Å². The number of rotatable bonds is 6. The summed E-state index contributed by atoms with van der Waals surface area (Å²) in [6.07, 6.45) is 0.0700. The Kier molecular flexibility index (Phi) is 5.92. The van der Waals surface area contributed by atoms with Crippen molar-refractivity contribution in [1.29, 1.82) is 0 Å². The zero-order chi connectivity index (χ0) is 16.2. The van der Waals surface area contributed by atoms with Crippen LogP contribution in [0.15, 0.2) is 12.1 Å². The van der Waals surface area contributed by atoms with Gasteiger partial charge in [-0.25, -0.2) is 0 Å². The van der Waals surface area contributed by atoms with Crippen LogP contribution in [0.25, 0.3) is 0 Å². The van der Waals surface area contributed by atoms with E-state index in [4.69, 9.17) is 22.1 Å². The molecule has 0 radical (unpaired) electrons. The summed E-state index contributed by atoms with van der Waals surface area (Å²) in [5.41, 5.74) is 5.12. The SMILES string of the molecule is CC(C)OCCN(C)C(=O)c1cc(Cl)c(N)c([N+](=O)[O-])c1. The molecule has 1 amide bonds. The van der Waals surface area contributed by atoms with Gasteiger partial charge >= 0.3 is 0 Å². The second-order valence-electron chi connectivity index (χ2n) is 4.79. The number of ether oxygens (including phenoxy) is 1. The molecule has 0 bridgehead atoms. The van der Waals surface area contributed by atoms with Gasteiger partial charge < -0.3 is 15.4 Å². The Morgan fingerprint density at radius 1 is 1.52 bits per heavy atom. The highest BCUT2D eigenvalue weighted by molar-refractivity contribution is 6.34. The normalized spacial score (nSPS) is 10.7. The smallest absolute Gasteiger partial charge is 0.294 e. The molecule has 0 unspecified atom stereocenters. The number of nitro groups is 1. The Hall–Kier alpha value is -1.86. The molecule has 0 atom stereocenters. The fraction of sp³-hybridized carbons (Fsp3) is 0.462. The molecule has 116 valence electrons. The number of hydrogen-bond donors (Lipinski definition) is 1. The fourth-order valence-corrected chi connectivity index (χ4v) is 1.84. The lowest BCUT2D eigenvalue weighted by molar-refractivity contribution is -0.383. The van der Waals surface area contributed by atoms with Gasteiger partial charge in [-0.3, -0.25) is 14.9 Å². The van der Waals surface area contributed by atoms with Gasteiger partial charge in [0.05, 0.1) is 22.7 Å². The van der Waals surface area contributed by atoms with Crippen LogP contribution in [-0.4, -0.2) is 42.0 Å². The number of hydrogen-bond acceptors (Lipinski definition) is 5. The van der Waals surface area contributed by atoms with Crippen LogP contribution in [0, 0.1) is 10.1 Å². The third kappa shape index (κ3) is 4.57. The van der Waals surface area contributed by atoms with Crippen molar-refractivity contribution in [1.82, 2.24) is 4.90 Å². The van der Waals surface area contributed by atoms with Gasteiger partial charge in [-0.15, -0.1) is 0 Å². The summed E-state index contributed by atoms with van der Waals surface area (Å²) in [6, 6.07) is 2.45. The number of amides is 1. The number of halogens is 1. The Bertz CT molecular complexity index is 548. The summed E-state index contributed by atoms with van der Waals surface area (Å²) in [7, 11) is 1.59. The number of nitrogens with two attached hydrogens (primary N) is 1. The van der Waals surface area contributed by atoms with Crippen molar-refractivity contribution >= 4 is 28.9 Å². The lowest BCUT2D eigenvalue weighted by atomic mass is 10.1. The van der Waals surface area contributed by atoms with Gasteiger partial charge in [-0.05, 0) is 19.9 Å². The molecular formula is C13H18ClN3O4. The van der Waals surface area contributed by atoms with Crippen molar-refractivity contribution in [2.24, 2.45) is 0 Å². The molecule has 8 heteroatoms. The van der Waals surface area contributed by atoms with Gasteiger partial charge in [-0.2, -0.15) is 0 Å². The van der Waals surface area contributed by atoms with Crippen LogP contribution < -0.4 is 5.73 Å². The lowest BCUT2D eigenvalue weighted by Crippen LogP contribution is -2.30. The zero-order valence-electron chi connectivity index (χ0n) is 12.1. The number of likely N-dealkylation sites (N-methyl/N-ethyl adjacent to an activating group) is 1. The second-order valence-corrected chi connectivity index (χ2v) is 5.20. The van der Waals surface area contributed by atoms with E-state index in [2.05, 4.69) is 0 Å². The molecule has 0 saturated heterocycles. The molecule has 1 aromatic carbocycles. The fourth-order valence-electron chi connectivity index (χ4n) is 1.63. The zero-order valence-corrected chi connectivity index (χ0v) is 12.9.